The van der Waals surface area contributed by atoms with Crippen LogP contribution < -0.4 is 10.5 Å². The zero-order valence-electron chi connectivity index (χ0n) is 16.1. The first-order chi connectivity index (χ1) is 14.2. The summed E-state index contributed by atoms with van der Waals surface area (Å²) in [5.74, 6) is 1.43. The van der Waals surface area contributed by atoms with E-state index in [9.17, 15) is 0 Å². The van der Waals surface area contributed by atoms with Crippen LogP contribution in [0, 0.1) is 11.3 Å². The topological polar surface area (TPSA) is 78.4 Å². The average Bonchev–Trinajstić information content (AvgIpc) is 3.43. The van der Waals surface area contributed by atoms with Gasteiger partial charge in [0, 0.05) is 18.0 Å². The molecule has 2 N–H and O–H groups in total. The summed E-state index contributed by atoms with van der Waals surface area (Å²) in [6, 6.07) is 6.57. The molecule has 148 valence electrons. The van der Waals surface area contributed by atoms with Gasteiger partial charge in [0.05, 0.1) is 18.6 Å². The second-order valence-corrected chi connectivity index (χ2v) is 8.46. The van der Waals surface area contributed by atoms with Crippen molar-refractivity contribution in [3.05, 3.63) is 59.8 Å². The Bertz CT molecular complexity index is 1010. The van der Waals surface area contributed by atoms with Crippen LogP contribution in [-0.2, 0) is 15.0 Å². The first-order valence-electron chi connectivity index (χ1n) is 10.2. The SMILES string of the molecule is NC1=NC2(CO1)c1cc(C3=C/C=C/C=C/N=C\3)ccc1OC(C1CC1)C21COC1. The number of hydrogen-bond acceptors (Lipinski definition) is 6. The minimum atomic E-state index is -0.568. The van der Waals surface area contributed by atoms with Crippen LogP contribution in [0.4, 0.5) is 0 Å². The largest absolute Gasteiger partial charge is 0.489 e. The number of aliphatic imine (C=N–C) groups is 2. The minimum Gasteiger partial charge on any atom is -0.489 e. The second-order valence-electron chi connectivity index (χ2n) is 8.46. The van der Waals surface area contributed by atoms with E-state index in [0.717, 1.165) is 22.4 Å². The summed E-state index contributed by atoms with van der Waals surface area (Å²) >= 11 is 0. The van der Waals surface area contributed by atoms with E-state index in [1.807, 2.05) is 24.4 Å². The summed E-state index contributed by atoms with van der Waals surface area (Å²) in [6.45, 7) is 1.67. The van der Waals surface area contributed by atoms with Gasteiger partial charge in [-0.1, -0.05) is 24.3 Å². The minimum absolute atomic E-state index is 0.0862. The Labute approximate surface area is 169 Å². The highest BCUT2D eigenvalue weighted by Gasteiger charge is 2.70. The van der Waals surface area contributed by atoms with Crippen molar-refractivity contribution in [2.75, 3.05) is 19.8 Å². The Morgan fingerprint density at radius 2 is 1.97 bits per heavy atom. The van der Waals surface area contributed by atoms with Gasteiger partial charge >= 0.3 is 0 Å². The van der Waals surface area contributed by atoms with E-state index < -0.39 is 5.54 Å². The molecule has 29 heavy (non-hydrogen) atoms. The van der Waals surface area contributed by atoms with Gasteiger partial charge in [-0.25, -0.2) is 4.99 Å². The Hall–Kier alpha value is -2.86. The molecule has 6 heteroatoms. The number of fused-ring (bicyclic) bond motifs is 3. The highest BCUT2D eigenvalue weighted by atomic mass is 16.5. The van der Waals surface area contributed by atoms with Crippen molar-refractivity contribution in [3.63, 3.8) is 0 Å². The van der Waals surface area contributed by atoms with Crippen LogP contribution in [0.2, 0.25) is 0 Å². The number of amidine groups is 1. The Kier molecular flexibility index (Phi) is 3.56. The lowest BCUT2D eigenvalue weighted by atomic mass is 9.59. The molecule has 0 radical (unpaired) electrons. The average molecular weight is 389 g/mol. The van der Waals surface area contributed by atoms with Crippen LogP contribution in [0.5, 0.6) is 5.75 Å². The van der Waals surface area contributed by atoms with Crippen LogP contribution in [0.25, 0.3) is 5.57 Å². The molecule has 4 aliphatic heterocycles. The lowest BCUT2D eigenvalue weighted by molar-refractivity contribution is -0.220. The number of allylic oxidation sites excluding steroid dienone is 5. The maximum Gasteiger partial charge on any atom is 0.283 e. The molecule has 1 aliphatic carbocycles. The molecule has 2 atom stereocenters. The highest BCUT2D eigenvalue weighted by Crippen LogP contribution is 2.62. The second kappa shape index (κ2) is 6.07. The third kappa shape index (κ3) is 2.38. The van der Waals surface area contributed by atoms with Gasteiger partial charge in [0.2, 0.25) is 0 Å². The molecule has 0 aromatic heterocycles. The van der Waals surface area contributed by atoms with E-state index in [1.165, 1.54) is 12.8 Å². The predicted octanol–water partition coefficient (Wildman–Crippen LogP) is 2.95. The summed E-state index contributed by atoms with van der Waals surface area (Å²) in [6.07, 6.45) is 14.1. The van der Waals surface area contributed by atoms with Crippen molar-refractivity contribution in [1.29, 1.82) is 0 Å². The molecule has 0 amide bonds. The van der Waals surface area contributed by atoms with E-state index in [0.29, 0.717) is 25.7 Å². The van der Waals surface area contributed by atoms with Crippen molar-refractivity contribution in [2.24, 2.45) is 27.1 Å². The molecule has 5 aliphatic rings. The van der Waals surface area contributed by atoms with Crippen molar-refractivity contribution in [3.8, 4) is 5.75 Å². The Balaban J connectivity index is 1.52. The molecule has 6 nitrogen and oxygen atoms in total. The zero-order chi connectivity index (χ0) is 19.5. The molecule has 1 aromatic rings. The van der Waals surface area contributed by atoms with Crippen LogP contribution >= 0.6 is 0 Å². The molecular weight excluding hydrogens is 366 g/mol. The van der Waals surface area contributed by atoms with Gasteiger partial charge in [-0.3, -0.25) is 4.99 Å². The van der Waals surface area contributed by atoms with Crippen LogP contribution in [0.15, 0.2) is 58.7 Å². The fourth-order valence-electron chi connectivity index (χ4n) is 5.04. The number of ether oxygens (including phenoxy) is 3. The third-order valence-corrected chi connectivity index (χ3v) is 6.76. The van der Waals surface area contributed by atoms with E-state index >= 15 is 0 Å². The number of hydrogen-bond donors (Lipinski definition) is 1. The van der Waals surface area contributed by atoms with Gasteiger partial charge in [-0.2, -0.15) is 0 Å². The maximum absolute atomic E-state index is 6.60. The summed E-state index contributed by atoms with van der Waals surface area (Å²) in [5.41, 5.74) is 8.38. The molecule has 1 saturated carbocycles. The molecule has 2 fully saturated rings. The monoisotopic (exact) mass is 389 g/mol. The van der Waals surface area contributed by atoms with Crippen LogP contribution in [-0.4, -0.2) is 38.2 Å². The molecule has 2 unspecified atom stereocenters. The van der Waals surface area contributed by atoms with Gasteiger partial charge in [0.15, 0.2) is 0 Å². The molecule has 4 heterocycles. The van der Waals surface area contributed by atoms with Crippen molar-refractivity contribution in [1.82, 2.24) is 0 Å². The lowest BCUT2D eigenvalue weighted by Crippen LogP contribution is -2.68. The maximum atomic E-state index is 6.60. The van der Waals surface area contributed by atoms with Gasteiger partial charge in [-0.15, -0.1) is 0 Å². The van der Waals surface area contributed by atoms with Crippen LogP contribution in [0.1, 0.15) is 24.0 Å². The molecular formula is C23H23N3O3. The standard InChI is InChI=1S/C23H23N3O3/c24-21-26-23(14-28-21)18-10-16(17-4-2-1-3-9-25-11-17)7-8-19(18)29-20(15-5-6-15)22(23)12-27-13-22/h1-4,7-11,15,20H,5-6,12-14H2,(H2,24,26)/b2-1+,3-1?,4-2?,9-3+,17-4+,17-11?,25-9?,25-11-. The van der Waals surface area contributed by atoms with E-state index in [4.69, 9.17) is 24.9 Å². The molecule has 2 spiro atoms. The molecule has 1 aromatic carbocycles. The summed E-state index contributed by atoms with van der Waals surface area (Å²) in [4.78, 5) is 9.26. The molecule has 6 rings (SSSR count). The van der Waals surface area contributed by atoms with Gasteiger partial charge in [-0.05, 0) is 48.1 Å². The summed E-state index contributed by atoms with van der Waals surface area (Å²) in [7, 11) is 0. The first-order valence-corrected chi connectivity index (χ1v) is 10.2. The van der Waals surface area contributed by atoms with Gasteiger partial charge in [0.1, 0.15) is 24.0 Å². The fraction of sp³-hybridized carbons (Fsp3) is 0.391. The highest BCUT2D eigenvalue weighted by molar-refractivity contribution is 6.10. The molecule has 0 bridgehead atoms. The number of nitrogens with zero attached hydrogens (tertiary/aromatic N) is 2. The predicted molar refractivity (Wildman–Crippen MR) is 111 cm³/mol. The zero-order valence-corrected chi connectivity index (χ0v) is 16.1. The van der Waals surface area contributed by atoms with E-state index in [-0.39, 0.29) is 17.5 Å². The smallest absolute Gasteiger partial charge is 0.283 e. The quantitative estimate of drug-likeness (QED) is 0.844. The van der Waals surface area contributed by atoms with Crippen molar-refractivity contribution in [2.45, 2.75) is 24.5 Å². The van der Waals surface area contributed by atoms with Crippen molar-refractivity contribution >= 4 is 17.8 Å². The number of nitrogens with two attached hydrogens (primary N) is 1. The van der Waals surface area contributed by atoms with E-state index in [2.05, 4.69) is 29.3 Å². The van der Waals surface area contributed by atoms with Gasteiger partial charge in [0.25, 0.3) is 6.02 Å². The summed E-state index contributed by atoms with van der Waals surface area (Å²) < 4.78 is 18.1. The normalized spacial score (nSPS) is 36.3. The van der Waals surface area contributed by atoms with Gasteiger partial charge < -0.3 is 19.9 Å². The third-order valence-electron chi connectivity index (χ3n) is 6.76. The first kappa shape index (κ1) is 17.0. The van der Waals surface area contributed by atoms with Crippen molar-refractivity contribution < 1.29 is 14.2 Å². The van der Waals surface area contributed by atoms with Crippen LogP contribution in [0.3, 0.4) is 0 Å². The summed E-state index contributed by atoms with van der Waals surface area (Å²) in [5, 5.41) is 0. The molecule has 1 saturated heterocycles. The Morgan fingerprint density at radius 3 is 2.69 bits per heavy atom. The Morgan fingerprint density at radius 1 is 1.07 bits per heavy atom. The van der Waals surface area contributed by atoms with E-state index in [1.54, 1.807) is 6.20 Å². The number of rotatable bonds is 2. The number of benzene rings is 1. The lowest BCUT2D eigenvalue weighted by Gasteiger charge is -2.57. The fourth-order valence-corrected chi connectivity index (χ4v) is 5.04.